The molecule has 4 N–H and O–H groups in total. The van der Waals surface area contributed by atoms with Gasteiger partial charge in [-0.2, -0.15) is 0 Å². The number of hydrogen-bond acceptors (Lipinski definition) is 3. The Labute approximate surface area is 108 Å². The van der Waals surface area contributed by atoms with Gasteiger partial charge >= 0.3 is 5.97 Å². The number of carboxylic acids is 1. The molecule has 0 spiro atoms. The van der Waals surface area contributed by atoms with E-state index in [9.17, 15) is 14.7 Å². The lowest BCUT2D eigenvalue weighted by Crippen LogP contribution is -2.44. The molecular weight excluding hydrogens is 232 g/mol. The van der Waals surface area contributed by atoms with E-state index in [4.69, 9.17) is 5.73 Å². The van der Waals surface area contributed by atoms with Crippen LogP contribution in [-0.2, 0) is 9.59 Å². The molecule has 0 heterocycles. The minimum atomic E-state index is -0.837. The van der Waals surface area contributed by atoms with Crippen LogP contribution in [0.5, 0.6) is 0 Å². The summed E-state index contributed by atoms with van der Waals surface area (Å²) in [4.78, 5) is 23.2. The van der Waals surface area contributed by atoms with Crippen LogP contribution >= 0.6 is 0 Å². The van der Waals surface area contributed by atoms with Crippen molar-refractivity contribution >= 4 is 11.9 Å². The van der Waals surface area contributed by atoms with E-state index in [1.54, 1.807) is 0 Å². The van der Waals surface area contributed by atoms with Crippen molar-refractivity contribution < 1.29 is 14.7 Å². The second-order valence-electron chi connectivity index (χ2n) is 5.28. The highest BCUT2D eigenvalue weighted by Crippen LogP contribution is 2.27. The van der Waals surface area contributed by atoms with Gasteiger partial charge in [-0.25, -0.2) is 0 Å². The van der Waals surface area contributed by atoms with Crippen molar-refractivity contribution in [3.63, 3.8) is 0 Å². The number of aliphatic carboxylic acids is 1. The molecule has 5 heteroatoms. The molecule has 0 aliphatic heterocycles. The van der Waals surface area contributed by atoms with Gasteiger partial charge in [0.15, 0.2) is 0 Å². The minimum absolute atomic E-state index is 0.0415. The number of carbonyl (C=O) groups is 2. The Hall–Kier alpha value is -1.10. The Balaban J connectivity index is 2.52. The molecule has 5 nitrogen and oxygen atoms in total. The summed E-state index contributed by atoms with van der Waals surface area (Å²) in [5.41, 5.74) is 4.93. The van der Waals surface area contributed by atoms with Crippen LogP contribution in [-0.4, -0.2) is 29.6 Å². The molecular formula is C13H24N2O3. The largest absolute Gasteiger partial charge is 0.481 e. The van der Waals surface area contributed by atoms with E-state index < -0.39 is 11.4 Å². The Morgan fingerprint density at radius 2 is 1.94 bits per heavy atom. The summed E-state index contributed by atoms with van der Waals surface area (Å²) >= 11 is 0. The number of nitrogens with two attached hydrogens (primary N) is 1. The number of carboxylic acid groups (broad SMARTS) is 1. The zero-order valence-corrected chi connectivity index (χ0v) is 11.2. The molecule has 18 heavy (non-hydrogen) atoms. The second-order valence-corrected chi connectivity index (χ2v) is 5.28. The van der Waals surface area contributed by atoms with Crippen molar-refractivity contribution in [3.05, 3.63) is 0 Å². The lowest BCUT2D eigenvalue weighted by Gasteiger charge is -2.27. The van der Waals surface area contributed by atoms with Crippen molar-refractivity contribution in [2.24, 2.45) is 17.1 Å². The van der Waals surface area contributed by atoms with Crippen LogP contribution in [0.3, 0.4) is 0 Å². The zero-order chi connectivity index (χ0) is 13.8. The SMILES string of the molecule is CCC(CC)(CNC(=O)C1CCC(N)C1)C(=O)O. The molecule has 1 saturated carbocycles. The average molecular weight is 256 g/mol. The molecule has 2 atom stereocenters. The smallest absolute Gasteiger partial charge is 0.311 e. The Bertz CT molecular complexity index is 313. The molecule has 0 aromatic carbocycles. The van der Waals surface area contributed by atoms with Gasteiger partial charge in [-0.15, -0.1) is 0 Å². The molecule has 0 bridgehead atoms. The summed E-state index contributed by atoms with van der Waals surface area (Å²) in [7, 11) is 0. The van der Waals surface area contributed by atoms with Crippen LogP contribution < -0.4 is 11.1 Å². The predicted octanol–water partition coefficient (Wildman–Crippen LogP) is 1.12. The highest BCUT2D eigenvalue weighted by molar-refractivity contribution is 5.81. The second kappa shape index (κ2) is 6.18. The highest BCUT2D eigenvalue weighted by atomic mass is 16.4. The Kier molecular flexibility index (Phi) is 5.14. The van der Waals surface area contributed by atoms with Gasteiger partial charge in [0, 0.05) is 18.5 Å². The van der Waals surface area contributed by atoms with Crippen LogP contribution in [0.4, 0.5) is 0 Å². The van der Waals surface area contributed by atoms with Crippen LogP contribution in [0.25, 0.3) is 0 Å². The maximum atomic E-state index is 11.9. The van der Waals surface area contributed by atoms with E-state index in [0.717, 1.165) is 12.8 Å². The van der Waals surface area contributed by atoms with Crippen molar-refractivity contribution in [3.8, 4) is 0 Å². The number of nitrogens with one attached hydrogen (secondary N) is 1. The first-order chi connectivity index (χ1) is 8.45. The quantitative estimate of drug-likeness (QED) is 0.664. The first-order valence-electron chi connectivity index (χ1n) is 6.72. The lowest BCUT2D eigenvalue weighted by atomic mass is 9.82. The minimum Gasteiger partial charge on any atom is -0.481 e. The molecule has 1 fully saturated rings. The van der Waals surface area contributed by atoms with Gasteiger partial charge in [0.25, 0.3) is 0 Å². The topological polar surface area (TPSA) is 92.4 Å². The van der Waals surface area contributed by atoms with E-state index in [1.165, 1.54) is 0 Å². The average Bonchev–Trinajstić information content (AvgIpc) is 2.77. The third-order valence-corrected chi connectivity index (χ3v) is 4.25. The van der Waals surface area contributed by atoms with Crippen LogP contribution in [0.2, 0.25) is 0 Å². The maximum absolute atomic E-state index is 11.9. The molecule has 0 aromatic heterocycles. The number of hydrogen-bond donors (Lipinski definition) is 3. The van der Waals surface area contributed by atoms with Crippen LogP contribution in [0, 0.1) is 11.3 Å². The lowest BCUT2D eigenvalue weighted by molar-refractivity contribution is -0.149. The Morgan fingerprint density at radius 1 is 1.33 bits per heavy atom. The fourth-order valence-electron chi connectivity index (χ4n) is 2.53. The van der Waals surface area contributed by atoms with E-state index in [1.807, 2.05) is 13.8 Å². The molecule has 1 aliphatic rings. The maximum Gasteiger partial charge on any atom is 0.311 e. The molecule has 1 rings (SSSR count). The molecule has 2 unspecified atom stereocenters. The van der Waals surface area contributed by atoms with E-state index >= 15 is 0 Å². The molecule has 0 saturated heterocycles. The van der Waals surface area contributed by atoms with Crippen molar-refractivity contribution in [2.75, 3.05) is 6.54 Å². The number of carbonyl (C=O) groups excluding carboxylic acids is 1. The number of amides is 1. The third kappa shape index (κ3) is 3.22. The molecule has 1 aliphatic carbocycles. The highest BCUT2D eigenvalue weighted by Gasteiger charge is 2.36. The Morgan fingerprint density at radius 3 is 2.33 bits per heavy atom. The van der Waals surface area contributed by atoms with Crippen LogP contribution in [0.1, 0.15) is 46.0 Å². The normalized spacial score (nSPS) is 23.9. The first-order valence-corrected chi connectivity index (χ1v) is 6.72. The first kappa shape index (κ1) is 15.0. The van der Waals surface area contributed by atoms with E-state index in [-0.39, 0.29) is 24.4 Å². The monoisotopic (exact) mass is 256 g/mol. The summed E-state index contributed by atoms with van der Waals surface area (Å²) in [6.45, 7) is 3.89. The zero-order valence-electron chi connectivity index (χ0n) is 11.2. The van der Waals surface area contributed by atoms with Gasteiger partial charge in [-0.1, -0.05) is 13.8 Å². The van der Waals surface area contributed by atoms with Gasteiger partial charge in [0.05, 0.1) is 5.41 Å². The van der Waals surface area contributed by atoms with Crippen molar-refractivity contribution in [2.45, 2.75) is 52.0 Å². The van der Waals surface area contributed by atoms with Crippen LogP contribution in [0.15, 0.2) is 0 Å². The molecule has 1 amide bonds. The van der Waals surface area contributed by atoms with Gasteiger partial charge in [0.2, 0.25) is 5.91 Å². The summed E-state index contributed by atoms with van der Waals surface area (Å²) in [5.74, 6) is -0.924. The van der Waals surface area contributed by atoms with Crippen molar-refractivity contribution in [1.29, 1.82) is 0 Å². The third-order valence-electron chi connectivity index (χ3n) is 4.25. The van der Waals surface area contributed by atoms with E-state index in [0.29, 0.717) is 19.3 Å². The van der Waals surface area contributed by atoms with Gasteiger partial charge in [-0.3, -0.25) is 9.59 Å². The van der Waals surface area contributed by atoms with Gasteiger partial charge in [-0.05, 0) is 32.1 Å². The molecule has 0 radical (unpaired) electrons. The summed E-state index contributed by atoms with van der Waals surface area (Å²) in [5, 5.41) is 12.1. The van der Waals surface area contributed by atoms with Gasteiger partial charge in [0.1, 0.15) is 0 Å². The summed E-state index contributed by atoms with van der Waals surface area (Å²) in [6.07, 6.45) is 3.44. The molecule has 0 aromatic rings. The molecule has 104 valence electrons. The van der Waals surface area contributed by atoms with E-state index in [2.05, 4.69) is 5.32 Å². The summed E-state index contributed by atoms with van der Waals surface area (Å²) < 4.78 is 0. The standard InChI is InChI=1S/C13H24N2O3/c1-3-13(4-2,12(17)18)8-15-11(16)9-5-6-10(14)7-9/h9-10H,3-8,14H2,1-2H3,(H,15,16)(H,17,18). The predicted molar refractivity (Wildman–Crippen MR) is 69.0 cm³/mol. The van der Waals surface area contributed by atoms with Gasteiger partial charge < -0.3 is 16.2 Å². The van der Waals surface area contributed by atoms with Crippen molar-refractivity contribution in [1.82, 2.24) is 5.32 Å². The number of rotatable bonds is 6. The summed E-state index contributed by atoms with van der Waals surface area (Å²) in [6, 6.07) is 0.113. The fourth-order valence-corrected chi connectivity index (χ4v) is 2.53. The fraction of sp³-hybridized carbons (Fsp3) is 0.846.